The molecule has 0 saturated carbocycles. The Morgan fingerprint density at radius 1 is 1.47 bits per heavy atom. The number of sulfonamides is 1. The van der Waals surface area contributed by atoms with Crippen LogP contribution in [0.15, 0.2) is 4.90 Å². The van der Waals surface area contributed by atoms with Gasteiger partial charge in [0.05, 0.1) is 5.69 Å². The summed E-state index contributed by atoms with van der Waals surface area (Å²) < 4.78 is 23.1. The zero-order valence-electron chi connectivity index (χ0n) is 11.4. The number of hydrogen-bond donors (Lipinski definition) is 3. The van der Waals surface area contributed by atoms with E-state index in [-0.39, 0.29) is 16.6 Å². The Balaban J connectivity index is 3.08. The van der Waals surface area contributed by atoms with Crippen LogP contribution in [-0.4, -0.2) is 30.6 Å². The van der Waals surface area contributed by atoms with Crippen LogP contribution in [0.2, 0.25) is 0 Å². The smallest absolute Gasteiger partial charge is 0.273 e. The van der Waals surface area contributed by atoms with E-state index in [4.69, 9.17) is 5.14 Å². The highest BCUT2D eigenvalue weighted by Gasteiger charge is 2.27. The second kappa shape index (κ2) is 6.16. The van der Waals surface area contributed by atoms with Gasteiger partial charge in [0.15, 0.2) is 5.69 Å². The summed E-state index contributed by atoms with van der Waals surface area (Å²) in [6.45, 7) is 5.61. The first-order valence-corrected chi connectivity index (χ1v) is 7.76. The van der Waals surface area contributed by atoms with Crippen molar-refractivity contribution in [3.05, 3.63) is 11.4 Å². The number of aryl methyl sites for hydroxylation is 1. The standard InChI is InChI=1S/C11H20N4O3S/c1-4-6-7(3)13-11(16)9-10(19(12,17)18)8(5-2)14-15-9/h7H,4-6H2,1-3H3,(H,13,16)(H,14,15)(H2,12,17,18). The lowest BCUT2D eigenvalue weighted by atomic mass is 10.2. The van der Waals surface area contributed by atoms with E-state index >= 15 is 0 Å². The van der Waals surface area contributed by atoms with E-state index in [0.29, 0.717) is 12.1 Å². The van der Waals surface area contributed by atoms with Crippen LogP contribution in [0, 0.1) is 0 Å². The van der Waals surface area contributed by atoms with E-state index in [1.54, 1.807) is 6.92 Å². The number of primary sulfonamides is 1. The fraction of sp³-hybridized carbons (Fsp3) is 0.636. The van der Waals surface area contributed by atoms with Gasteiger partial charge in [0.1, 0.15) is 4.90 Å². The summed E-state index contributed by atoms with van der Waals surface area (Å²) >= 11 is 0. The lowest BCUT2D eigenvalue weighted by molar-refractivity contribution is 0.0930. The van der Waals surface area contributed by atoms with E-state index in [0.717, 1.165) is 12.8 Å². The minimum absolute atomic E-state index is 0.0485. The number of nitrogens with one attached hydrogen (secondary N) is 2. The lowest BCUT2D eigenvalue weighted by Crippen LogP contribution is -2.34. The third-order valence-corrected chi connectivity index (χ3v) is 3.75. The molecule has 0 aromatic carbocycles. The number of carbonyl (C=O) groups excluding carboxylic acids is 1. The second-order valence-electron chi connectivity index (χ2n) is 4.44. The zero-order chi connectivity index (χ0) is 14.6. The van der Waals surface area contributed by atoms with Crippen LogP contribution in [0.1, 0.15) is 49.8 Å². The van der Waals surface area contributed by atoms with E-state index in [9.17, 15) is 13.2 Å². The van der Waals surface area contributed by atoms with Crippen LogP contribution in [0.25, 0.3) is 0 Å². The fourth-order valence-corrected chi connectivity index (χ4v) is 2.81. The predicted octanol–water partition coefficient (Wildman–Crippen LogP) is 0.538. The number of hydrogen-bond acceptors (Lipinski definition) is 4. The van der Waals surface area contributed by atoms with E-state index in [1.165, 1.54) is 0 Å². The number of aromatic nitrogens is 2. The molecule has 0 spiro atoms. The number of amides is 1. The monoisotopic (exact) mass is 288 g/mol. The Bertz CT molecular complexity index is 550. The Morgan fingerprint density at radius 2 is 2.11 bits per heavy atom. The molecule has 1 heterocycles. The van der Waals surface area contributed by atoms with Crippen molar-refractivity contribution >= 4 is 15.9 Å². The molecule has 19 heavy (non-hydrogen) atoms. The number of nitrogens with zero attached hydrogens (tertiary/aromatic N) is 1. The van der Waals surface area contributed by atoms with Crippen LogP contribution < -0.4 is 10.5 Å². The maximum absolute atomic E-state index is 12.0. The Kier molecular flexibility index (Phi) is 5.07. The van der Waals surface area contributed by atoms with Crippen molar-refractivity contribution < 1.29 is 13.2 Å². The highest BCUT2D eigenvalue weighted by atomic mass is 32.2. The van der Waals surface area contributed by atoms with Crippen LogP contribution in [0.3, 0.4) is 0 Å². The molecule has 1 rings (SSSR count). The zero-order valence-corrected chi connectivity index (χ0v) is 12.2. The molecule has 1 unspecified atom stereocenters. The molecule has 7 nitrogen and oxygen atoms in total. The molecule has 0 aliphatic carbocycles. The Hall–Kier alpha value is -1.41. The molecule has 0 radical (unpaired) electrons. The van der Waals surface area contributed by atoms with Gasteiger partial charge >= 0.3 is 0 Å². The SMILES string of the molecule is CCCC(C)NC(=O)c1n[nH]c(CC)c1S(N)(=O)=O. The molecule has 0 bridgehead atoms. The van der Waals surface area contributed by atoms with E-state index < -0.39 is 15.9 Å². The Labute approximate surface area is 113 Å². The Morgan fingerprint density at radius 3 is 2.58 bits per heavy atom. The topological polar surface area (TPSA) is 118 Å². The molecule has 0 saturated heterocycles. The largest absolute Gasteiger partial charge is 0.348 e. The number of nitrogens with two attached hydrogens (primary N) is 1. The molecule has 0 fully saturated rings. The molecule has 1 aromatic heterocycles. The molecular formula is C11H20N4O3S. The van der Waals surface area contributed by atoms with Gasteiger partial charge in [0.2, 0.25) is 10.0 Å². The summed E-state index contributed by atoms with van der Waals surface area (Å²) in [5.41, 5.74) is 0.179. The quantitative estimate of drug-likeness (QED) is 0.707. The first kappa shape index (κ1) is 15.6. The fourth-order valence-electron chi connectivity index (χ4n) is 1.87. The second-order valence-corrected chi connectivity index (χ2v) is 5.94. The molecule has 108 valence electrons. The summed E-state index contributed by atoms with van der Waals surface area (Å²) in [4.78, 5) is 11.8. The van der Waals surface area contributed by atoms with E-state index in [1.807, 2.05) is 13.8 Å². The third kappa shape index (κ3) is 3.77. The molecular weight excluding hydrogens is 268 g/mol. The number of rotatable bonds is 6. The number of H-pyrrole nitrogens is 1. The van der Waals surface area contributed by atoms with E-state index in [2.05, 4.69) is 15.5 Å². The molecule has 8 heteroatoms. The van der Waals surface area contributed by atoms with Gasteiger partial charge in [0, 0.05) is 6.04 Å². The predicted molar refractivity (Wildman–Crippen MR) is 71.2 cm³/mol. The molecule has 0 aliphatic rings. The van der Waals surface area contributed by atoms with Gasteiger partial charge in [-0.1, -0.05) is 20.3 Å². The molecule has 4 N–H and O–H groups in total. The van der Waals surface area contributed by atoms with Gasteiger partial charge in [-0.2, -0.15) is 5.10 Å². The van der Waals surface area contributed by atoms with Crippen molar-refractivity contribution in [1.29, 1.82) is 0 Å². The van der Waals surface area contributed by atoms with Crippen molar-refractivity contribution in [1.82, 2.24) is 15.5 Å². The van der Waals surface area contributed by atoms with Crippen molar-refractivity contribution in [3.63, 3.8) is 0 Å². The van der Waals surface area contributed by atoms with Crippen molar-refractivity contribution in [2.75, 3.05) is 0 Å². The van der Waals surface area contributed by atoms with Gasteiger partial charge in [-0.15, -0.1) is 0 Å². The molecule has 0 aliphatic heterocycles. The van der Waals surface area contributed by atoms with Crippen LogP contribution >= 0.6 is 0 Å². The van der Waals surface area contributed by atoms with Crippen molar-refractivity contribution in [3.8, 4) is 0 Å². The van der Waals surface area contributed by atoms with Crippen LogP contribution in [0.4, 0.5) is 0 Å². The van der Waals surface area contributed by atoms with Crippen molar-refractivity contribution in [2.45, 2.75) is 51.0 Å². The lowest BCUT2D eigenvalue weighted by Gasteiger charge is -2.12. The normalized spacial score (nSPS) is 13.3. The van der Waals surface area contributed by atoms with Gasteiger partial charge in [-0.05, 0) is 19.8 Å². The molecule has 1 atom stereocenters. The maximum atomic E-state index is 12.0. The summed E-state index contributed by atoms with van der Waals surface area (Å²) in [7, 11) is -3.98. The summed E-state index contributed by atoms with van der Waals surface area (Å²) in [6, 6.07) is -0.0485. The molecule has 1 aromatic rings. The number of aromatic amines is 1. The average Bonchev–Trinajstić information content (AvgIpc) is 2.72. The summed E-state index contributed by atoms with van der Waals surface area (Å²) in [5, 5.41) is 14.2. The minimum Gasteiger partial charge on any atom is -0.348 e. The van der Waals surface area contributed by atoms with Crippen LogP contribution in [0.5, 0.6) is 0 Å². The highest BCUT2D eigenvalue weighted by molar-refractivity contribution is 7.89. The number of carbonyl (C=O) groups is 1. The van der Waals surface area contributed by atoms with Gasteiger partial charge in [-0.25, -0.2) is 13.6 Å². The third-order valence-electron chi connectivity index (χ3n) is 2.74. The van der Waals surface area contributed by atoms with Gasteiger partial charge in [-0.3, -0.25) is 9.89 Å². The van der Waals surface area contributed by atoms with Crippen molar-refractivity contribution in [2.24, 2.45) is 5.14 Å². The van der Waals surface area contributed by atoms with Crippen LogP contribution in [-0.2, 0) is 16.4 Å². The minimum atomic E-state index is -3.98. The highest BCUT2D eigenvalue weighted by Crippen LogP contribution is 2.17. The maximum Gasteiger partial charge on any atom is 0.273 e. The van der Waals surface area contributed by atoms with Gasteiger partial charge < -0.3 is 5.32 Å². The summed E-state index contributed by atoms with van der Waals surface area (Å²) in [6.07, 6.45) is 2.13. The average molecular weight is 288 g/mol. The summed E-state index contributed by atoms with van der Waals surface area (Å²) in [5.74, 6) is -0.527. The van der Waals surface area contributed by atoms with Gasteiger partial charge in [0.25, 0.3) is 5.91 Å². The first-order chi connectivity index (χ1) is 8.81. The first-order valence-electron chi connectivity index (χ1n) is 6.22. The molecule has 1 amide bonds.